The molecule has 1 N–H and O–H groups in total. The van der Waals surface area contributed by atoms with Gasteiger partial charge in [-0.15, -0.1) is 0 Å². The van der Waals surface area contributed by atoms with Crippen molar-refractivity contribution in [2.75, 3.05) is 0 Å². The van der Waals surface area contributed by atoms with E-state index >= 15 is 0 Å². The first-order valence-corrected chi connectivity index (χ1v) is 5.11. The fourth-order valence-corrected chi connectivity index (χ4v) is 1.92. The van der Waals surface area contributed by atoms with Crippen molar-refractivity contribution < 1.29 is 0 Å². The van der Waals surface area contributed by atoms with Crippen molar-refractivity contribution in [1.29, 1.82) is 0 Å². The van der Waals surface area contributed by atoms with Crippen LogP contribution in [-0.4, -0.2) is 14.3 Å². The number of aromatic amines is 1. The first-order valence-electron chi connectivity index (χ1n) is 4.28. The lowest BCUT2D eigenvalue weighted by atomic mass is 10.2. The van der Waals surface area contributed by atoms with E-state index in [0.717, 1.165) is 17.0 Å². The lowest BCUT2D eigenvalue weighted by Gasteiger charge is -1.86. The maximum absolute atomic E-state index is 4.18. The molecule has 14 heavy (non-hydrogen) atoms. The van der Waals surface area contributed by atoms with Gasteiger partial charge in [-0.25, -0.2) is 4.98 Å². The number of nitrogens with one attached hydrogen (secondary N) is 1. The zero-order valence-electron chi connectivity index (χ0n) is 7.27. The molecule has 3 nitrogen and oxygen atoms in total. The minimum absolute atomic E-state index is 0.770. The Kier molecular flexibility index (Phi) is 1.61. The standard InChI is InChI=1S/C10H7N3S/c1-2-4-8-7(3-1)5-9(12-8)10-11-6-14-13-10/h1-6,12H. The monoisotopic (exact) mass is 201 g/mol. The SMILES string of the molecule is c1ccc2[nH]c(-c3ncsn3)cc2c1. The summed E-state index contributed by atoms with van der Waals surface area (Å²) in [4.78, 5) is 7.44. The van der Waals surface area contributed by atoms with E-state index in [1.807, 2.05) is 18.2 Å². The number of fused-ring (bicyclic) bond motifs is 1. The summed E-state index contributed by atoms with van der Waals surface area (Å²) in [7, 11) is 0. The van der Waals surface area contributed by atoms with Crippen molar-refractivity contribution in [3.63, 3.8) is 0 Å². The molecule has 0 saturated heterocycles. The third-order valence-corrected chi connectivity index (χ3v) is 2.61. The van der Waals surface area contributed by atoms with Gasteiger partial charge in [-0.05, 0) is 23.7 Å². The van der Waals surface area contributed by atoms with Crippen molar-refractivity contribution in [3.05, 3.63) is 35.8 Å². The van der Waals surface area contributed by atoms with Crippen LogP contribution >= 0.6 is 11.5 Å². The molecule has 0 aliphatic heterocycles. The first kappa shape index (κ1) is 7.70. The molecule has 0 unspecified atom stereocenters. The fourth-order valence-electron chi connectivity index (χ4n) is 1.48. The Hall–Kier alpha value is -1.68. The second kappa shape index (κ2) is 2.92. The lowest BCUT2D eigenvalue weighted by molar-refractivity contribution is 1.28. The summed E-state index contributed by atoms with van der Waals surface area (Å²) in [6, 6.07) is 10.2. The number of rotatable bonds is 1. The van der Waals surface area contributed by atoms with Gasteiger partial charge in [0.2, 0.25) is 0 Å². The molecule has 68 valence electrons. The Balaban J connectivity index is 2.24. The minimum Gasteiger partial charge on any atom is -0.352 e. The molecular formula is C10H7N3S. The summed E-state index contributed by atoms with van der Waals surface area (Å²) in [6.45, 7) is 0. The number of benzene rings is 1. The topological polar surface area (TPSA) is 41.6 Å². The maximum atomic E-state index is 4.18. The van der Waals surface area contributed by atoms with Crippen molar-refractivity contribution in [3.8, 4) is 11.5 Å². The van der Waals surface area contributed by atoms with Gasteiger partial charge in [0.25, 0.3) is 0 Å². The highest BCUT2D eigenvalue weighted by atomic mass is 32.1. The molecule has 1 aromatic carbocycles. The molecule has 4 heteroatoms. The number of hydrogen-bond acceptors (Lipinski definition) is 3. The van der Waals surface area contributed by atoms with Crippen LogP contribution in [0.2, 0.25) is 0 Å². The van der Waals surface area contributed by atoms with Gasteiger partial charge < -0.3 is 4.98 Å². The van der Waals surface area contributed by atoms with Crippen LogP contribution in [0.1, 0.15) is 0 Å². The lowest BCUT2D eigenvalue weighted by Crippen LogP contribution is -1.77. The molecular weight excluding hydrogens is 194 g/mol. The van der Waals surface area contributed by atoms with Gasteiger partial charge in [0.15, 0.2) is 5.82 Å². The molecule has 3 aromatic rings. The second-order valence-electron chi connectivity index (χ2n) is 3.03. The van der Waals surface area contributed by atoms with Crippen LogP contribution in [0.15, 0.2) is 35.8 Å². The van der Waals surface area contributed by atoms with Gasteiger partial charge in [-0.2, -0.15) is 4.37 Å². The Morgan fingerprint density at radius 3 is 2.93 bits per heavy atom. The van der Waals surface area contributed by atoms with Crippen molar-refractivity contribution in [2.45, 2.75) is 0 Å². The van der Waals surface area contributed by atoms with Gasteiger partial charge in [0, 0.05) is 10.9 Å². The third-order valence-electron chi connectivity index (χ3n) is 2.13. The highest BCUT2D eigenvalue weighted by Crippen LogP contribution is 2.21. The molecule has 3 rings (SSSR count). The molecule has 0 atom stereocenters. The quantitative estimate of drug-likeness (QED) is 0.657. The van der Waals surface area contributed by atoms with Crippen LogP contribution in [0.5, 0.6) is 0 Å². The zero-order valence-corrected chi connectivity index (χ0v) is 8.08. The number of nitrogens with zero attached hydrogens (tertiary/aromatic N) is 2. The van der Waals surface area contributed by atoms with Gasteiger partial charge in [-0.3, -0.25) is 0 Å². The van der Waals surface area contributed by atoms with Crippen molar-refractivity contribution in [1.82, 2.24) is 14.3 Å². The average Bonchev–Trinajstić information content (AvgIpc) is 2.86. The van der Waals surface area contributed by atoms with E-state index in [2.05, 4.69) is 26.5 Å². The van der Waals surface area contributed by atoms with Crippen molar-refractivity contribution >= 4 is 22.4 Å². The van der Waals surface area contributed by atoms with Crippen LogP contribution in [-0.2, 0) is 0 Å². The van der Waals surface area contributed by atoms with Gasteiger partial charge in [0.1, 0.15) is 5.51 Å². The molecule has 0 fully saturated rings. The summed E-state index contributed by atoms with van der Waals surface area (Å²) in [5.41, 5.74) is 3.84. The van der Waals surface area contributed by atoms with Gasteiger partial charge >= 0.3 is 0 Å². The van der Waals surface area contributed by atoms with Crippen LogP contribution in [0.4, 0.5) is 0 Å². The van der Waals surface area contributed by atoms with E-state index in [1.54, 1.807) is 5.51 Å². The number of aromatic nitrogens is 3. The van der Waals surface area contributed by atoms with Crippen LogP contribution in [0, 0.1) is 0 Å². The molecule has 2 aromatic heterocycles. The van der Waals surface area contributed by atoms with Crippen molar-refractivity contribution in [2.24, 2.45) is 0 Å². The van der Waals surface area contributed by atoms with E-state index in [4.69, 9.17) is 0 Å². The third kappa shape index (κ3) is 1.12. The van der Waals surface area contributed by atoms with Crippen LogP contribution < -0.4 is 0 Å². The van der Waals surface area contributed by atoms with Crippen LogP contribution in [0.3, 0.4) is 0 Å². The van der Waals surface area contributed by atoms with Gasteiger partial charge in [-0.1, -0.05) is 18.2 Å². The maximum Gasteiger partial charge on any atom is 0.189 e. The zero-order chi connectivity index (χ0) is 9.38. The summed E-state index contributed by atoms with van der Waals surface area (Å²) < 4.78 is 4.18. The molecule has 2 heterocycles. The summed E-state index contributed by atoms with van der Waals surface area (Å²) >= 11 is 1.36. The molecule has 0 spiro atoms. The number of hydrogen-bond donors (Lipinski definition) is 1. The normalized spacial score (nSPS) is 10.9. The van der Waals surface area contributed by atoms with E-state index in [1.165, 1.54) is 16.9 Å². The molecule has 0 aliphatic carbocycles. The van der Waals surface area contributed by atoms with E-state index in [-0.39, 0.29) is 0 Å². The highest BCUT2D eigenvalue weighted by Gasteiger charge is 2.04. The Bertz CT molecular complexity index is 521. The predicted octanol–water partition coefficient (Wildman–Crippen LogP) is 2.69. The Labute approximate surface area is 84.6 Å². The van der Waals surface area contributed by atoms with Crippen LogP contribution in [0.25, 0.3) is 22.4 Å². The number of H-pyrrole nitrogens is 1. The Morgan fingerprint density at radius 2 is 2.14 bits per heavy atom. The molecule has 0 radical (unpaired) electrons. The Morgan fingerprint density at radius 1 is 1.21 bits per heavy atom. The number of para-hydroxylation sites is 1. The minimum atomic E-state index is 0.770. The molecule has 0 aliphatic rings. The molecule has 0 bridgehead atoms. The largest absolute Gasteiger partial charge is 0.352 e. The van der Waals surface area contributed by atoms with E-state index < -0.39 is 0 Å². The fraction of sp³-hybridized carbons (Fsp3) is 0. The molecule has 0 saturated carbocycles. The highest BCUT2D eigenvalue weighted by molar-refractivity contribution is 7.03. The van der Waals surface area contributed by atoms with E-state index in [0.29, 0.717) is 0 Å². The van der Waals surface area contributed by atoms with Gasteiger partial charge in [0.05, 0.1) is 5.69 Å². The smallest absolute Gasteiger partial charge is 0.189 e. The summed E-state index contributed by atoms with van der Waals surface area (Å²) in [5, 5.41) is 1.19. The average molecular weight is 201 g/mol. The summed E-state index contributed by atoms with van der Waals surface area (Å²) in [6.07, 6.45) is 0. The first-order chi connectivity index (χ1) is 6.93. The van der Waals surface area contributed by atoms with E-state index in [9.17, 15) is 0 Å². The summed E-state index contributed by atoms with van der Waals surface area (Å²) in [5.74, 6) is 0.770. The predicted molar refractivity (Wildman–Crippen MR) is 57.2 cm³/mol. The molecule has 0 amide bonds. The second-order valence-corrected chi connectivity index (χ2v) is 3.63.